The first kappa shape index (κ1) is 15.3. The summed E-state index contributed by atoms with van der Waals surface area (Å²) < 4.78 is 0. The monoisotopic (exact) mass is 308 g/mol. The molecule has 1 atom stereocenters. The minimum Gasteiger partial charge on any atom is -0.306 e. The molecule has 1 heterocycles. The quantitative estimate of drug-likeness (QED) is 0.859. The molecule has 0 saturated carbocycles. The molecule has 0 aliphatic heterocycles. The standard InChI is InChI=1S/C16H18Cl2N2/c1-3-7-20-16(13-6-8-19-10-11(13)2)14-9-12(17)4-5-15(14)18/h4-6,8-10,16,20H,3,7H2,1-2H3. The highest BCUT2D eigenvalue weighted by molar-refractivity contribution is 6.33. The Morgan fingerprint density at radius 3 is 2.70 bits per heavy atom. The summed E-state index contributed by atoms with van der Waals surface area (Å²) in [4.78, 5) is 4.15. The van der Waals surface area contributed by atoms with Crippen LogP contribution in [0, 0.1) is 6.92 Å². The summed E-state index contributed by atoms with van der Waals surface area (Å²) in [5.74, 6) is 0. The van der Waals surface area contributed by atoms with Gasteiger partial charge in [-0.3, -0.25) is 4.98 Å². The summed E-state index contributed by atoms with van der Waals surface area (Å²) in [5.41, 5.74) is 3.32. The number of benzene rings is 1. The molecule has 1 aromatic heterocycles. The summed E-state index contributed by atoms with van der Waals surface area (Å²) in [6.45, 7) is 5.11. The van der Waals surface area contributed by atoms with Gasteiger partial charge in [-0.2, -0.15) is 0 Å². The minimum absolute atomic E-state index is 0.0316. The molecule has 2 aromatic rings. The number of rotatable bonds is 5. The van der Waals surface area contributed by atoms with E-state index in [1.165, 1.54) is 5.56 Å². The van der Waals surface area contributed by atoms with Gasteiger partial charge in [0.05, 0.1) is 6.04 Å². The number of aromatic nitrogens is 1. The van der Waals surface area contributed by atoms with Crippen LogP contribution in [-0.4, -0.2) is 11.5 Å². The van der Waals surface area contributed by atoms with Gasteiger partial charge >= 0.3 is 0 Å². The van der Waals surface area contributed by atoms with Crippen LogP contribution >= 0.6 is 23.2 Å². The third-order valence-electron chi connectivity index (χ3n) is 3.24. The van der Waals surface area contributed by atoms with Gasteiger partial charge in [0.15, 0.2) is 0 Å². The molecule has 0 saturated heterocycles. The number of hydrogen-bond donors (Lipinski definition) is 1. The van der Waals surface area contributed by atoms with Crippen molar-refractivity contribution in [3.05, 3.63) is 63.4 Å². The highest BCUT2D eigenvalue weighted by atomic mass is 35.5. The average molecular weight is 309 g/mol. The third-order valence-corrected chi connectivity index (χ3v) is 3.82. The minimum atomic E-state index is 0.0316. The first-order valence-corrected chi connectivity index (χ1v) is 7.48. The highest BCUT2D eigenvalue weighted by Gasteiger charge is 2.18. The van der Waals surface area contributed by atoms with Crippen LogP contribution in [0.1, 0.15) is 36.1 Å². The zero-order valence-corrected chi connectivity index (χ0v) is 13.2. The van der Waals surface area contributed by atoms with Crippen molar-refractivity contribution in [1.29, 1.82) is 0 Å². The largest absolute Gasteiger partial charge is 0.306 e. The van der Waals surface area contributed by atoms with E-state index in [1.807, 2.05) is 30.5 Å². The second-order valence-corrected chi connectivity index (χ2v) is 5.63. The second-order valence-electron chi connectivity index (χ2n) is 4.79. The number of hydrogen-bond acceptors (Lipinski definition) is 2. The van der Waals surface area contributed by atoms with Gasteiger partial charge < -0.3 is 5.32 Å². The molecule has 106 valence electrons. The normalized spacial score (nSPS) is 12.4. The van der Waals surface area contributed by atoms with Gasteiger partial charge in [0.2, 0.25) is 0 Å². The molecule has 1 unspecified atom stereocenters. The topological polar surface area (TPSA) is 24.9 Å². The SMILES string of the molecule is CCCNC(c1ccncc1C)c1cc(Cl)ccc1Cl. The van der Waals surface area contributed by atoms with Gasteiger partial charge in [0, 0.05) is 22.4 Å². The van der Waals surface area contributed by atoms with Crippen LogP contribution in [0.5, 0.6) is 0 Å². The van der Waals surface area contributed by atoms with Crippen LogP contribution in [0.3, 0.4) is 0 Å². The Morgan fingerprint density at radius 1 is 1.20 bits per heavy atom. The Bertz CT molecular complexity index is 584. The molecule has 0 spiro atoms. The molecule has 1 aromatic carbocycles. The predicted octanol–water partition coefficient (Wildman–Crippen LogP) is 4.79. The molecule has 4 heteroatoms. The fourth-order valence-electron chi connectivity index (χ4n) is 2.22. The number of nitrogens with one attached hydrogen (secondary N) is 1. The lowest BCUT2D eigenvalue weighted by Crippen LogP contribution is -2.24. The number of pyridine rings is 1. The van der Waals surface area contributed by atoms with Crippen LogP contribution < -0.4 is 5.32 Å². The van der Waals surface area contributed by atoms with Crippen molar-refractivity contribution in [2.75, 3.05) is 6.54 Å². The Morgan fingerprint density at radius 2 is 2.00 bits per heavy atom. The number of nitrogens with zero attached hydrogens (tertiary/aromatic N) is 1. The lowest BCUT2D eigenvalue weighted by molar-refractivity contribution is 0.596. The van der Waals surface area contributed by atoms with E-state index in [-0.39, 0.29) is 6.04 Å². The maximum absolute atomic E-state index is 6.36. The summed E-state index contributed by atoms with van der Waals surface area (Å²) >= 11 is 12.5. The molecular formula is C16H18Cl2N2. The van der Waals surface area contributed by atoms with Crippen molar-refractivity contribution in [2.24, 2.45) is 0 Å². The zero-order valence-electron chi connectivity index (χ0n) is 11.7. The van der Waals surface area contributed by atoms with E-state index in [4.69, 9.17) is 23.2 Å². The smallest absolute Gasteiger partial charge is 0.0595 e. The van der Waals surface area contributed by atoms with Gasteiger partial charge in [0.1, 0.15) is 0 Å². The van der Waals surface area contributed by atoms with E-state index in [1.54, 1.807) is 6.20 Å². The summed E-state index contributed by atoms with van der Waals surface area (Å²) in [6, 6.07) is 7.64. The van der Waals surface area contributed by atoms with E-state index >= 15 is 0 Å². The van der Waals surface area contributed by atoms with Crippen LogP contribution in [0.2, 0.25) is 10.0 Å². The molecule has 0 radical (unpaired) electrons. The number of halogens is 2. The van der Waals surface area contributed by atoms with Crippen LogP contribution in [-0.2, 0) is 0 Å². The van der Waals surface area contributed by atoms with Gasteiger partial charge in [-0.05, 0) is 60.8 Å². The lowest BCUT2D eigenvalue weighted by atomic mass is 9.96. The van der Waals surface area contributed by atoms with Gasteiger partial charge in [0.25, 0.3) is 0 Å². The van der Waals surface area contributed by atoms with E-state index < -0.39 is 0 Å². The fraction of sp³-hybridized carbons (Fsp3) is 0.312. The van der Waals surface area contributed by atoms with Crippen molar-refractivity contribution in [1.82, 2.24) is 10.3 Å². The van der Waals surface area contributed by atoms with Gasteiger partial charge in [-0.25, -0.2) is 0 Å². The average Bonchev–Trinajstić information content (AvgIpc) is 2.44. The van der Waals surface area contributed by atoms with E-state index in [0.29, 0.717) is 5.02 Å². The van der Waals surface area contributed by atoms with E-state index in [9.17, 15) is 0 Å². The van der Waals surface area contributed by atoms with Gasteiger partial charge in [-0.15, -0.1) is 0 Å². The highest BCUT2D eigenvalue weighted by Crippen LogP contribution is 2.31. The maximum Gasteiger partial charge on any atom is 0.0595 e. The van der Waals surface area contributed by atoms with Crippen LogP contribution in [0.4, 0.5) is 0 Å². The van der Waals surface area contributed by atoms with Crippen molar-refractivity contribution in [2.45, 2.75) is 26.3 Å². The van der Waals surface area contributed by atoms with Crippen LogP contribution in [0.15, 0.2) is 36.7 Å². The molecule has 0 aliphatic rings. The van der Waals surface area contributed by atoms with Crippen molar-refractivity contribution < 1.29 is 0 Å². The fourth-order valence-corrected chi connectivity index (χ4v) is 2.63. The molecule has 0 bridgehead atoms. The second kappa shape index (κ2) is 7.07. The molecule has 2 rings (SSSR count). The molecular weight excluding hydrogens is 291 g/mol. The Kier molecular flexibility index (Phi) is 5.41. The van der Waals surface area contributed by atoms with Gasteiger partial charge in [-0.1, -0.05) is 30.1 Å². The summed E-state index contributed by atoms with van der Waals surface area (Å²) in [6.07, 6.45) is 4.73. The van der Waals surface area contributed by atoms with E-state index in [2.05, 4.69) is 24.1 Å². The first-order chi connectivity index (χ1) is 9.63. The molecule has 0 amide bonds. The molecule has 0 fully saturated rings. The number of aryl methyl sites for hydroxylation is 1. The lowest BCUT2D eigenvalue weighted by Gasteiger charge is -2.22. The van der Waals surface area contributed by atoms with Crippen molar-refractivity contribution >= 4 is 23.2 Å². The molecule has 1 N–H and O–H groups in total. The Hall–Kier alpha value is -1.09. The predicted molar refractivity (Wildman–Crippen MR) is 85.6 cm³/mol. The summed E-state index contributed by atoms with van der Waals surface area (Å²) in [7, 11) is 0. The molecule has 20 heavy (non-hydrogen) atoms. The Balaban J connectivity index is 2.47. The third kappa shape index (κ3) is 3.51. The van der Waals surface area contributed by atoms with E-state index in [0.717, 1.165) is 29.1 Å². The van der Waals surface area contributed by atoms with Crippen molar-refractivity contribution in [3.8, 4) is 0 Å². The Labute approximate surface area is 130 Å². The van der Waals surface area contributed by atoms with Crippen molar-refractivity contribution in [3.63, 3.8) is 0 Å². The van der Waals surface area contributed by atoms with Crippen LogP contribution in [0.25, 0.3) is 0 Å². The molecule has 2 nitrogen and oxygen atoms in total. The molecule has 0 aliphatic carbocycles. The summed E-state index contributed by atoms with van der Waals surface area (Å²) in [5, 5.41) is 4.96. The maximum atomic E-state index is 6.36. The first-order valence-electron chi connectivity index (χ1n) is 6.72. The zero-order chi connectivity index (χ0) is 14.5.